The number of para-hydroxylation sites is 2. The SMILES string of the molecule is CC1(C)CCC(NC(=O)Cn2cnc3ccccc32)C1. The van der Waals surface area contributed by atoms with Gasteiger partial charge in [-0.3, -0.25) is 4.79 Å². The minimum atomic E-state index is 0.0795. The number of nitrogens with zero attached hydrogens (tertiary/aromatic N) is 2. The van der Waals surface area contributed by atoms with Gasteiger partial charge < -0.3 is 9.88 Å². The molecule has 4 heteroatoms. The minimum Gasteiger partial charge on any atom is -0.352 e. The highest BCUT2D eigenvalue weighted by Crippen LogP contribution is 2.36. The first-order valence-corrected chi connectivity index (χ1v) is 7.23. The third-order valence-electron chi connectivity index (χ3n) is 4.17. The molecule has 1 aromatic carbocycles. The fraction of sp³-hybridized carbons (Fsp3) is 0.500. The van der Waals surface area contributed by atoms with Crippen molar-refractivity contribution >= 4 is 16.9 Å². The van der Waals surface area contributed by atoms with Crippen LogP contribution in [0.3, 0.4) is 0 Å². The normalized spacial score (nSPS) is 21.2. The summed E-state index contributed by atoms with van der Waals surface area (Å²) in [6.45, 7) is 4.88. The van der Waals surface area contributed by atoms with Crippen LogP contribution in [0.5, 0.6) is 0 Å². The molecule has 1 aliphatic carbocycles. The van der Waals surface area contributed by atoms with Crippen molar-refractivity contribution in [1.82, 2.24) is 14.9 Å². The Morgan fingerprint density at radius 2 is 2.25 bits per heavy atom. The average Bonchev–Trinajstić information content (AvgIpc) is 2.94. The lowest BCUT2D eigenvalue weighted by Crippen LogP contribution is -2.35. The van der Waals surface area contributed by atoms with Crippen molar-refractivity contribution < 1.29 is 4.79 Å². The first-order chi connectivity index (χ1) is 9.53. The molecular weight excluding hydrogens is 250 g/mol. The molecule has 2 aromatic rings. The second kappa shape index (κ2) is 4.93. The van der Waals surface area contributed by atoms with Crippen molar-refractivity contribution in [2.24, 2.45) is 5.41 Å². The first-order valence-electron chi connectivity index (χ1n) is 7.23. The number of fused-ring (bicyclic) bond motifs is 1. The van der Waals surface area contributed by atoms with Crippen molar-refractivity contribution in [1.29, 1.82) is 0 Å². The molecule has 106 valence electrons. The number of nitrogens with one attached hydrogen (secondary N) is 1. The molecule has 1 atom stereocenters. The lowest BCUT2D eigenvalue weighted by molar-refractivity contribution is -0.122. The lowest BCUT2D eigenvalue weighted by Gasteiger charge is -2.18. The van der Waals surface area contributed by atoms with E-state index in [-0.39, 0.29) is 5.91 Å². The standard InChI is InChI=1S/C16H21N3O/c1-16(2)8-7-12(9-16)18-15(20)10-19-11-17-13-5-3-4-6-14(13)19/h3-6,11-12H,7-10H2,1-2H3,(H,18,20). The quantitative estimate of drug-likeness (QED) is 0.933. The molecule has 1 N–H and O–H groups in total. The summed E-state index contributed by atoms with van der Waals surface area (Å²) in [6, 6.07) is 8.21. The van der Waals surface area contributed by atoms with Crippen molar-refractivity contribution in [2.45, 2.75) is 45.7 Å². The van der Waals surface area contributed by atoms with Crippen LogP contribution in [0.2, 0.25) is 0 Å². The summed E-state index contributed by atoms with van der Waals surface area (Å²) in [7, 11) is 0. The number of imidazole rings is 1. The predicted octanol–water partition coefficient (Wildman–Crippen LogP) is 2.73. The van der Waals surface area contributed by atoms with Gasteiger partial charge in [0.15, 0.2) is 0 Å². The van der Waals surface area contributed by atoms with Gasteiger partial charge in [-0.15, -0.1) is 0 Å². The van der Waals surface area contributed by atoms with Crippen LogP contribution in [-0.2, 0) is 11.3 Å². The molecule has 0 saturated heterocycles. The summed E-state index contributed by atoms with van der Waals surface area (Å²) in [5.74, 6) is 0.0795. The number of carbonyl (C=O) groups is 1. The number of hydrogen-bond donors (Lipinski definition) is 1. The Labute approximate surface area is 119 Å². The van der Waals surface area contributed by atoms with Crippen molar-refractivity contribution in [3.8, 4) is 0 Å². The van der Waals surface area contributed by atoms with Crippen LogP contribution in [-0.4, -0.2) is 21.5 Å². The van der Waals surface area contributed by atoms with Gasteiger partial charge in [0, 0.05) is 6.04 Å². The number of hydrogen-bond acceptors (Lipinski definition) is 2. The molecule has 0 aliphatic heterocycles. The molecular formula is C16H21N3O. The zero-order valence-corrected chi connectivity index (χ0v) is 12.1. The van der Waals surface area contributed by atoms with E-state index in [0.29, 0.717) is 18.0 Å². The molecule has 1 fully saturated rings. The summed E-state index contributed by atoms with van der Waals surface area (Å²) in [5.41, 5.74) is 2.30. The molecule has 3 rings (SSSR count). The van der Waals surface area contributed by atoms with Crippen LogP contribution < -0.4 is 5.32 Å². The maximum Gasteiger partial charge on any atom is 0.240 e. The van der Waals surface area contributed by atoms with E-state index in [1.165, 1.54) is 6.42 Å². The summed E-state index contributed by atoms with van der Waals surface area (Å²) in [6.07, 6.45) is 5.08. The molecule has 0 spiro atoms. The van der Waals surface area contributed by atoms with E-state index in [4.69, 9.17) is 0 Å². The Kier molecular flexibility index (Phi) is 3.24. The molecule has 4 nitrogen and oxygen atoms in total. The van der Waals surface area contributed by atoms with E-state index in [9.17, 15) is 4.79 Å². The van der Waals surface area contributed by atoms with E-state index >= 15 is 0 Å². The number of benzene rings is 1. The molecule has 1 aromatic heterocycles. The van der Waals surface area contributed by atoms with Crippen LogP contribution >= 0.6 is 0 Å². The van der Waals surface area contributed by atoms with Crippen molar-refractivity contribution in [3.05, 3.63) is 30.6 Å². The molecule has 1 unspecified atom stereocenters. The second-order valence-corrected chi connectivity index (χ2v) is 6.53. The number of carbonyl (C=O) groups excluding carboxylic acids is 1. The Hall–Kier alpha value is -1.84. The number of aromatic nitrogens is 2. The molecule has 1 amide bonds. The molecule has 1 saturated carbocycles. The zero-order valence-electron chi connectivity index (χ0n) is 12.1. The fourth-order valence-corrected chi connectivity index (χ4v) is 3.12. The number of rotatable bonds is 3. The van der Waals surface area contributed by atoms with Gasteiger partial charge >= 0.3 is 0 Å². The zero-order chi connectivity index (χ0) is 14.2. The van der Waals surface area contributed by atoms with Crippen LogP contribution in [0.25, 0.3) is 11.0 Å². The fourth-order valence-electron chi connectivity index (χ4n) is 3.12. The Balaban J connectivity index is 1.65. The maximum absolute atomic E-state index is 12.2. The summed E-state index contributed by atoms with van der Waals surface area (Å²) < 4.78 is 1.91. The van der Waals surface area contributed by atoms with Gasteiger partial charge in [-0.2, -0.15) is 0 Å². The Bertz CT molecular complexity index is 629. The van der Waals surface area contributed by atoms with Crippen LogP contribution in [0.4, 0.5) is 0 Å². The monoisotopic (exact) mass is 271 g/mol. The van der Waals surface area contributed by atoms with E-state index in [1.807, 2.05) is 28.8 Å². The smallest absolute Gasteiger partial charge is 0.240 e. The van der Waals surface area contributed by atoms with Gasteiger partial charge in [0.25, 0.3) is 0 Å². The van der Waals surface area contributed by atoms with Gasteiger partial charge in [-0.05, 0) is 36.8 Å². The van der Waals surface area contributed by atoms with E-state index in [2.05, 4.69) is 24.1 Å². The van der Waals surface area contributed by atoms with E-state index < -0.39 is 0 Å². The minimum absolute atomic E-state index is 0.0795. The van der Waals surface area contributed by atoms with Gasteiger partial charge in [0.05, 0.1) is 17.4 Å². The molecule has 0 radical (unpaired) electrons. The van der Waals surface area contributed by atoms with Crippen molar-refractivity contribution in [2.75, 3.05) is 0 Å². The molecule has 0 bridgehead atoms. The van der Waals surface area contributed by atoms with Gasteiger partial charge in [0.1, 0.15) is 6.54 Å². The van der Waals surface area contributed by atoms with E-state index in [0.717, 1.165) is 23.9 Å². The summed E-state index contributed by atoms with van der Waals surface area (Å²) >= 11 is 0. The topological polar surface area (TPSA) is 46.9 Å². The largest absolute Gasteiger partial charge is 0.352 e. The second-order valence-electron chi connectivity index (χ2n) is 6.53. The predicted molar refractivity (Wildman–Crippen MR) is 79.3 cm³/mol. The molecule has 1 heterocycles. The molecule has 1 aliphatic rings. The molecule has 20 heavy (non-hydrogen) atoms. The summed E-state index contributed by atoms with van der Waals surface area (Å²) in [4.78, 5) is 16.5. The van der Waals surface area contributed by atoms with Gasteiger partial charge in [-0.1, -0.05) is 26.0 Å². The number of amides is 1. The van der Waals surface area contributed by atoms with Crippen LogP contribution in [0.1, 0.15) is 33.1 Å². The Morgan fingerprint density at radius 3 is 3.00 bits per heavy atom. The van der Waals surface area contributed by atoms with E-state index in [1.54, 1.807) is 6.33 Å². The van der Waals surface area contributed by atoms with Gasteiger partial charge in [0.2, 0.25) is 5.91 Å². The van der Waals surface area contributed by atoms with Crippen LogP contribution in [0, 0.1) is 5.41 Å². The van der Waals surface area contributed by atoms with Crippen LogP contribution in [0.15, 0.2) is 30.6 Å². The average molecular weight is 271 g/mol. The first kappa shape index (κ1) is 13.2. The third kappa shape index (κ3) is 2.69. The third-order valence-corrected chi connectivity index (χ3v) is 4.17. The highest BCUT2D eigenvalue weighted by molar-refractivity contribution is 5.80. The highest BCUT2D eigenvalue weighted by Gasteiger charge is 2.31. The van der Waals surface area contributed by atoms with Gasteiger partial charge in [-0.25, -0.2) is 4.98 Å². The highest BCUT2D eigenvalue weighted by atomic mass is 16.2. The summed E-state index contributed by atoms with van der Waals surface area (Å²) in [5, 5.41) is 3.15. The maximum atomic E-state index is 12.2. The van der Waals surface area contributed by atoms with Crippen molar-refractivity contribution in [3.63, 3.8) is 0 Å². The lowest BCUT2D eigenvalue weighted by atomic mass is 9.92. The Morgan fingerprint density at radius 1 is 1.45 bits per heavy atom.